The summed E-state index contributed by atoms with van der Waals surface area (Å²) >= 11 is 0. The number of nitrogens with zero attached hydrogens (tertiary/aromatic N) is 3. The number of aromatic carboxylic acids is 1. The largest absolute Gasteiger partial charge is 0.477 e. The number of primary sulfonamides is 1. The minimum Gasteiger partial charge on any atom is -0.477 e. The molecule has 2 aromatic carbocycles. The predicted molar refractivity (Wildman–Crippen MR) is 140 cm³/mol. The molecule has 0 amide bonds. The van der Waals surface area contributed by atoms with Gasteiger partial charge in [-0.2, -0.15) is 0 Å². The maximum absolute atomic E-state index is 12.0. The van der Waals surface area contributed by atoms with Crippen LogP contribution >= 0.6 is 0 Å². The molecule has 0 saturated carbocycles. The summed E-state index contributed by atoms with van der Waals surface area (Å²) in [6.07, 6.45) is 3.26. The van der Waals surface area contributed by atoms with Gasteiger partial charge in [-0.1, -0.05) is 18.2 Å². The number of nitrogens with two attached hydrogens (primary N) is 2. The Morgan fingerprint density at radius 2 is 1.97 bits per heavy atom. The van der Waals surface area contributed by atoms with Crippen LogP contribution in [0.5, 0.6) is 0 Å². The van der Waals surface area contributed by atoms with Gasteiger partial charge < -0.3 is 30.7 Å². The summed E-state index contributed by atoms with van der Waals surface area (Å²) in [5.41, 5.74) is 8.04. The minimum absolute atomic E-state index is 0.0274. The molecule has 0 bridgehead atoms. The minimum atomic E-state index is -3.87. The molecule has 12 heteroatoms. The average Bonchev–Trinajstić information content (AvgIpc) is 3.20. The number of hydrogen-bond donors (Lipinski definition) is 5. The van der Waals surface area contributed by atoms with Gasteiger partial charge in [0.2, 0.25) is 10.0 Å². The van der Waals surface area contributed by atoms with Crippen molar-refractivity contribution in [3.63, 3.8) is 0 Å². The van der Waals surface area contributed by atoms with Crippen LogP contribution in [0.15, 0.2) is 70.7 Å². The third-order valence-electron chi connectivity index (χ3n) is 6.18. The van der Waals surface area contributed by atoms with Crippen LogP contribution in [0.1, 0.15) is 28.5 Å². The van der Waals surface area contributed by atoms with E-state index in [-0.39, 0.29) is 23.2 Å². The van der Waals surface area contributed by atoms with Gasteiger partial charge in [-0.25, -0.2) is 23.3 Å². The van der Waals surface area contributed by atoms with Gasteiger partial charge in [0.15, 0.2) is 0 Å². The summed E-state index contributed by atoms with van der Waals surface area (Å²) in [6.45, 7) is 2.81. The van der Waals surface area contributed by atoms with E-state index in [0.717, 1.165) is 16.5 Å². The highest BCUT2D eigenvalue weighted by Crippen LogP contribution is 2.24. The fourth-order valence-electron chi connectivity index (χ4n) is 4.28. The van der Waals surface area contributed by atoms with Crippen molar-refractivity contribution in [1.29, 1.82) is 0 Å². The molecular weight excluding hydrogens is 496 g/mol. The van der Waals surface area contributed by atoms with E-state index in [1.165, 1.54) is 12.1 Å². The summed E-state index contributed by atoms with van der Waals surface area (Å²) in [7, 11) is -3.87. The Labute approximate surface area is 214 Å². The first-order valence-corrected chi connectivity index (χ1v) is 13.2. The van der Waals surface area contributed by atoms with Crippen LogP contribution in [0.3, 0.4) is 0 Å². The quantitative estimate of drug-likeness (QED) is 0.260. The van der Waals surface area contributed by atoms with Crippen LogP contribution in [-0.4, -0.2) is 65.4 Å². The number of carboxylic acids is 1. The molecule has 7 N–H and O–H groups in total. The number of aliphatic hydroxyl groups excluding tert-OH is 1. The fourth-order valence-corrected chi connectivity index (χ4v) is 4.86. The monoisotopic (exact) mass is 526 g/mol. The first kappa shape index (κ1) is 26.4. The Morgan fingerprint density at radius 3 is 2.65 bits per heavy atom. The van der Waals surface area contributed by atoms with Crippen molar-refractivity contribution in [2.45, 2.75) is 37.1 Å². The van der Waals surface area contributed by atoms with Crippen LogP contribution in [0.25, 0.3) is 10.9 Å². The predicted octanol–water partition coefficient (Wildman–Crippen LogP) is 1.02. The molecule has 2 heterocycles. The van der Waals surface area contributed by atoms with Gasteiger partial charge >= 0.3 is 5.97 Å². The van der Waals surface area contributed by atoms with Gasteiger partial charge in [-0.15, -0.1) is 0 Å². The first-order valence-electron chi connectivity index (χ1n) is 11.6. The molecule has 3 aromatic rings. The molecule has 0 radical (unpaired) electrons. The van der Waals surface area contributed by atoms with Crippen molar-refractivity contribution < 1.29 is 23.4 Å². The van der Waals surface area contributed by atoms with Gasteiger partial charge in [0.05, 0.1) is 4.90 Å². The van der Waals surface area contributed by atoms with Crippen molar-refractivity contribution in [3.05, 3.63) is 77.6 Å². The normalized spacial score (nSPS) is 15.5. The standard InChI is InChI=1S/C25H30N6O5S/c1-16(28-13-24(32)30-8-7-23(26)29-15-30)9-17-5-6-21-19(10-17)12-22(25(33)34)31(21)14-18-3-2-4-20(11-18)37(27,35)36/h2-8,10-12,16,24,28,32H,9,13-15H2,1H3,(H2,26,29)(H,33,34)(H2,27,35,36). The Morgan fingerprint density at radius 1 is 1.19 bits per heavy atom. The lowest BCUT2D eigenvalue weighted by Crippen LogP contribution is -2.44. The van der Waals surface area contributed by atoms with Gasteiger partial charge in [-0.3, -0.25) is 0 Å². The Kier molecular flexibility index (Phi) is 7.64. The lowest BCUT2D eigenvalue weighted by molar-refractivity contribution is 0.0375. The molecule has 0 saturated heterocycles. The number of sulfonamides is 1. The van der Waals surface area contributed by atoms with E-state index in [1.807, 2.05) is 25.1 Å². The van der Waals surface area contributed by atoms with E-state index in [9.17, 15) is 23.4 Å². The van der Waals surface area contributed by atoms with Crippen molar-refractivity contribution in [1.82, 2.24) is 14.8 Å². The van der Waals surface area contributed by atoms with Crippen LogP contribution in [-0.2, 0) is 23.0 Å². The van der Waals surface area contributed by atoms with Crippen molar-refractivity contribution >= 4 is 32.7 Å². The second-order valence-electron chi connectivity index (χ2n) is 9.05. The molecule has 2 unspecified atom stereocenters. The highest BCUT2D eigenvalue weighted by atomic mass is 32.2. The van der Waals surface area contributed by atoms with Gasteiger partial charge in [0.25, 0.3) is 0 Å². The van der Waals surface area contributed by atoms with Crippen LogP contribution < -0.4 is 16.2 Å². The number of hydrogen-bond acceptors (Lipinski definition) is 8. The number of aliphatic imine (C=N–C) groups is 1. The molecule has 1 aliphatic rings. The number of amidine groups is 1. The van der Waals surface area contributed by atoms with E-state index < -0.39 is 22.2 Å². The van der Waals surface area contributed by atoms with E-state index in [4.69, 9.17) is 10.9 Å². The zero-order chi connectivity index (χ0) is 26.7. The van der Waals surface area contributed by atoms with Crippen LogP contribution in [0.2, 0.25) is 0 Å². The molecule has 0 spiro atoms. The van der Waals surface area contributed by atoms with Gasteiger partial charge in [-0.05, 0) is 60.9 Å². The van der Waals surface area contributed by atoms with E-state index in [1.54, 1.807) is 39.9 Å². The maximum atomic E-state index is 12.0. The molecular formula is C25H30N6O5S. The van der Waals surface area contributed by atoms with Crippen LogP contribution in [0.4, 0.5) is 0 Å². The lowest BCUT2D eigenvalue weighted by Gasteiger charge is -2.28. The second kappa shape index (κ2) is 10.7. The molecule has 0 aliphatic carbocycles. The number of nitrogens with one attached hydrogen (secondary N) is 1. The molecule has 196 valence electrons. The van der Waals surface area contributed by atoms with Crippen molar-refractivity contribution in [2.75, 3.05) is 13.2 Å². The zero-order valence-corrected chi connectivity index (χ0v) is 21.1. The number of aromatic nitrogens is 1. The average molecular weight is 527 g/mol. The van der Waals surface area contributed by atoms with Crippen LogP contribution in [0, 0.1) is 0 Å². The summed E-state index contributed by atoms with van der Waals surface area (Å²) in [4.78, 5) is 17.7. The number of fused-ring (bicyclic) bond motifs is 1. The van der Waals surface area contributed by atoms with Gasteiger partial charge in [0, 0.05) is 36.2 Å². The number of rotatable bonds is 10. The zero-order valence-electron chi connectivity index (χ0n) is 20.3. The molecule has 11 nitrogen and oxygen atoms in total. The van der Waals surface area contributed by atoms with Crippen molar-refractivity contribution in [2.24, 2.45) is 15.9 Å². The molecule has 0 fully saturated rings. The summed E-state index contributed by atoms with van der Waals surface area (Å²) in [6, 6.07) is 13.5. The number of carbonyl (C=O) groups is 1. The first-order chi connectivity index (χ1) is 17.5. The van der Waals surface area contributed by atoms with E-state index >= 15 is 0 Å². The molecule has 2 atom stereocenters. The molecule has 37 heavy (non-hydrogen) atoms. The fraction of sp³-hybridized carbons (Fsp3) is 0.280. The molecule has 1 aromatic heterocycles. The van der Waals surface area contributed by atoms with E-state index in [0.29, 0.717) is 31.0 Å². The third-order valence-corrected chi connectivity index (χ3v) is 7.09. The third kappa shape index (κ3) is 6.35. The topological polar surface area (TPSA) is 176 Å². The lowest BCUT2D eigenvalue weighted by atomic mass is 10.1. The summed E-state index contributed by atoms with van der Waals surface area (Å²) in [5.74, 6) is -0.653. The summed E-state index contributed by atoms with van der Waals surface area (Å²) in [5, 5.41) is 29.5. The highest BCUT2D eigenvalue weighted by Gasteiger charge is 2.18. The number of carboxylic acid groups (broad SMARTS) is 1. The number of benzene rings is 2. The van der Waals surface area contributed by atoms with Crippen molar-refractivity contribution in [3.8, 4) is 0 Å². The van der Waals surface area contributed by atoms with E-state index in [2.05, 4.69) is 10.3 Å². The second-order valence-corrected chi connectivity index (χ2v) is 10.6. The molecule has 4 rings (SSSR count). The Hall–Kier alpha value is -3.71. The van der Waals surface area contributed by atoms with Gasteiger partial charge in [0.1, 0.15) is 24.4 Å². The molecule has 1 aliphatic heterocycles. The SMILES string of the molecule is CC(Cc1ccc2c(c1)cc(C(=O)O)n2Cc1cccc(S(N)(=O)=O)c1)NCC(O)N1C=CC(N)=NC1. The summed E-state index contributed by atoms with van der Waals surface area (Å²) < 4.78 is 25.1. The highest BCUT2D eigenvalue weighted by molar-refractivity contribution is 7.89. The smallest absolute Gasteiger partial charge is 0.352 e. The number of aliphatic hydroxyl groups is 1. The maximum Gasteiger partial charge on any atom is 0.352 e. The Bertz CT molecular complexity index is 1480. The Balaban J connectivity index is 1.48.